The first kappa shape index (κ1) is 33.6. The van der Waals surface area contributed by atoms with Gasteiger partial charge in [0.05, 0.1) is 27.8 Å². The fourth-order valence-electron chi connectivity index (χ4n) is 4.92. The maximum absolute atomic E-state index is 13.2. The fourth-order valence-corrected chi connectivity index (χ4v) is 8.30. The minimum Gasteiger partial charge on any atom is -0.493 e. The Morgan fingerprint density at radius 1 is 1.13 bits per heavy atom. The van der Waals surface area contributed by atoms with Crippen molar-refractivity contribution >= 4 is 103 Å². The number of amides is 3. The topological polar surface area (TPSA) is 111 Å². The molecule has 2 heterocycles. The van der Waals surface area contributed by atoms with Gasteiger partial charge in [0.25, 0.3) is 11.1 Å². The molecule has 1 aliphatic carbocycles. The van der Waals surface area contributed by atoms with Gasteiger partial charge in [0.1, 0.15) is 18.2 Å². The van der Waals surface area contributed by atoms with Gasteiger partial charge in [0.2, 0.25) is 5.91 Å². The predicted octanol–water partition coefficient (Wildman–Crippen LogP) is 7.98. The Kier molecular flexibility index (Phi) is 11.0. The second-order valence-corrected chi connectivity index (χ2v) is 14.1. The molecule has 0 bridgehead atoms. The Morgan fingerprint density at radius 2 is 1.91 bits per heavy atom. The van der Waals surface area contributed by atoms with Crippen LogP contribution in [0.1, 0.15) is 51.7 Å². The monoisotopic (exact) mass is 800 g/mol. The molecule has 0 atom stereocenters. The largest absolute Gasteiger partial charge is 0.493 e. The molecule has 1 saturated heterocycles. The normalized spacial score (nSPS) is 15.3. The van der Waals surface area contributed by atoms with E-state index in [0.717, 1.165) is 58.3 Å². The fraction of sp³-hybridized carbons (Fsp3) is 0.290. The third kappa shape index (κ3) is 7.62. The highest BCUT2D eigenvalue weighted by Gasteiger charge is 2.37. The average Bonchev–Trinajstić information content (AvgIpc) is 3.48. The van der Waals surface area contributed by atoms with Crippen molar-refractivity contribution in [3.8, 4) is 11.5 Å². The molecular weight excluding hydrogens is 774 g/mol. The third-order valence-corrected chi connectivity index (χ3v) is 10.5. The van der Waals surface area contributed by atoms with Gasteiger partial charge in [-0.2, -0.15) is 0 Å². The van der Waals surface area contributed by atoms with E-state index in [1.54, 1.807) is 43.3 Å². The van der Waals surface area contributed by atoms with Crippen molar-refractivity contribution in [3.05, 3.63) is 76.0 Å². The summed E-state index contributed by atoms with van der Waals surface area (Å²) in [6, 6.07) is 8.63. The number of nitrogens with one attached hydrogen (secondary N) is 1. The molecule has 9 nitrogen and oxygen atoms in total. The summed E-state index contributed by atoms with van der Waals surface area (Å²) >= 11 is 16.5. The summed E-state index contributed by atoms with van der Waals surface area (Å²) in [4.78, 5) is 53.9. The molecule has 3 amide bonds. The number of methoxy groups -OCH3 is 1. The van der Waals surface area contributed by atoms with Crippen molar-refractivity contribution in [1.29, 1.82) is 0 Å². The first-order chi connectivity index (χ1) is 21.6. The molecule has 0 radical (unpaired) electrons. The molecule has 14 heteroatoms. The quantitative estimate of drug-likeness (QED) is 0.125. The number of fused-ring (bicyclic) bond motifs is 1. The molecule has 45 heavy (non-hydrogen) atoms. The van der Waals surface area contributed by atoms with Gasteiger partial charge < -0.3 is 19.5 Å². The van der Waals surface area contributed by atoms with Crippen molar-refractivity contribution in [1.82, 2.24) is 4.90 Å². The third-order valence-electron chi connectivity index (χ3n) is 7.02. The van der Waals surface area contributed by atoms with Gasteiger partial charge >= 0.3 is 5.97 Å². The van der Waals surface area contributed by atoms with E-state index in [4.69, 9.17) is 37.4 Å². The van der Waals surface area contributed by atoms with Crippen molar-refractivity contribution in [2.75, 3.05) is 25.6 Å². The lowest BCUT2D eigenvalue weighted by Gasteiger charge is -2.15. The molecule has 0 saturated carbocycles. The number of ether oxygens (including phenoxy) is 3. The van der Waals surface area contributed by atoms with Gasteiger partial charge in [0, 0.05) is 20.5 Å². The van der Waals surface area contributed by atoms with E-state index in [2.05, 4.69) is 27.9 Å². The second kappa shape index (κ2) is 14.8. The lowest BCUT2D eigenvalue weighted by molar-refractivity contribution is -0.127. The van der Waals surface area contributed by atoms with Crippen molar-refractivity contribution in [2.45, 2.75) is 39.2 Å². The SMILES string of the molecule is CCOC(=O)c1c(NC(=O)CN2C(=O)SC(=Cc3cc(I)c(OCc4ccc(Cl)cc4Cl)c(OC)c3)C2=O)sc2c1CCCC2. The summed E-state index contributed by atoms with van der Waals surface area (Å²) in [5.41, 5.74) is 2.62. The second-order valence-electron chi connectivity index (χ2n) is 10.0. The summed E-state index contributed by atoms with van der Waals surface area (Å²) < 4.78 is 17.5. The number of rotatable bonds is 10. The standard InChI is InChI=1S/C31H27Cl2IN2O7S2/c1-3-42-30(39)26-19-6-4-5-7-23(19)44-28(26)35-25(37)14-36-29(38)24(45-31(36)40)12-16-10-21(34)27(22(11-16)41-2)43-15-17-8-9-18(32)13-20(17)33/h8-13H,3-7,14-15H2,1-2H3,(H,35,37). The molecular formula is C31H27Cl2IN2O7S2. The smallest absolute Gasteiger partial charge is 0.341 e. The minimum atomic E-state index is -0.595. The number of halogens is 3. The molecule has 1 fully saturated rings. The van der Waals surface area contributed by atoms with Gasteiger partial charge in [0.15, 0.2) is 11.5 Å². The van der Waals surface area contributed by atoms with Crippen LogP contribution in [0.3, 0.4) is 0 Å². The summed E-state index contributed by atoms with van der Waals surface area (Å²) in [7, 11) is 1.50. The minimum absolute atomic E-state index is 0.158. The molecule has 2 aromatic carbocycles. The highest BCUT2D eigenvalue weighted by atomic mass is 127. The predicted molar refractivity (Wildman–Crippen MR) is 185 cm³/mol. The molecule has 236 valence electrons. The van der Waals surface area contributed by atoms with E-state index in [0.29, 0.717) is 41.2 Å². The molecule has 0 unspecified atom stereocenters. The lowest BCUT2D eigenvalue weighted by atomic mass is 9.95. The Balaban J connectivity index is 1.29. The first-order valence-electron chi connectivity index (χ1n) is 13.9. The van der Waals surface area contributed by atoms with Gasteiger partial charge in [-0.1, -0.05) is 29.3 Å². The molecule has 2 aliphatic rings. The van der Waals surface area contributed by atoms with Gasteiger partial charge in [-0.15, -0.1) is 11.3 Å². The molecule has 5 rings (SSSR count). The maximum atomic E-state index is 13.2. The van der Waals surface area contributed by atoms with E-state index in [9.17, 15) is 19.2 Å². The van der Waals surface area contributed by atoms with Gasteiger partial charge in [-0.3, -0.25) is 19.3 Å². The number of hydrogen-bond acceptors (Lipinski definition) is 9. The molecule has 1 N–H and O–H groups in total. The lowest BCUT2D eigenvalue weighted by Crippen LogP contribution is -2.36. The van der Waals surface area contributed by atoms with Crippen LogP contribution in [0.25, 0.3) is 6.08 Å². The van der Waals surface area contributed by atoms with Crippen LogP contribution in [0.5, 0.6) is 11.5 Å². The van der Waals surface area contributed by atoms with Crippen LogP contribution >= 0.6 is 68.9 Å². The number of nitrogens with zero attached hydrogens (tertiary/aromatic N) is 1. The van der Waals surface area contributed by atoms with E-state index < -0.39 is 29.6 Å². The zero-order chi connectivity index (χ0) is 32.2. The summed E-state index contributed by atoms with van der Waals surface area (Å²) in [5.74, 6) is -0.753. The van der Waals surface area contributed by atoms with E-state index in [-0.39, 0.29) is 18.1 Å². The molecule has 3 aromatic rings. The molecule has 0 spiro atoms. The number of thiophene rings is 1. The number of imide groups is 1. The van der Waals surface area contributed by atoms with Crippen molar-refractivity contribution < 1.29 is 33.4 Å². The number of benzene rings is 2. The van der Waals surface area contributed by atoms with Crippen LogP contribution in [-0.2, 0) is 33.8 Å². The zero-order valence-corrected chi connectivity index (χ0v) is 29.5. The number of carbonyl (C=O) groups is 4. The number of thioether (sulfide) groups is 1. The highest BCUT2D eigenvalue weighted by Crippen LogP contribution is 2.40. The first-order valence-corrected chi connectivity index (χ1v) is 17.4. The summed E-state index contributed by atoms with van der Waals surface area (Å²) in [5, 5.41) is 3.57. The number of esters is 1. The summed E-state index contributed by atoms with van der Waals surface area (Å²) in [6.45, 7) is 1.62. The molecule has 1 aliphatic heterocycles. The maximum Gasteiger partial charge on any atom is 0.341 e. The van der Waals surface area contributed by atoms with Crippen LogP contribution in [0.4, 0.5) is 9.80 Å². The molecule has 1 aromatic heterocycles. The summed E-state index contributed by atoms with van der Waals surface area (Å²) in [6.07, 6.45) is 5.08. The van der Waals surface area contributed by atoms with Crippen LogP contribution in [0.15, 0.2) is 35.2 Å². The number of aryl methyl sites for hydroxylation is 1. The number of anilines is 1. The van der Waals surface area contributed by atoms with E-state index >= 15 is 0 Å². The van der Waals surface area contributed by atoms with Crippen LogP contribution in [0.2, 0.25) is 10.0 Å². The van der Waals surface area contributed by atoms with Crippen LogP contribution < -0.4 is 14.8 Å². The van der Waals surface area contributed by atoms with Crippen LogP contribution in [-0.4, -0.2) is 48.2 Å². The number of hydrogen-bond donors (Lipinski definition) is 1. The Labute approximate surface area is 291 Å². The van der Waals surface area contributed by atoms with Gasteiger partial charge in [-0.25, -0.2) is 4.79 Å². The van der Waals surface area contributed by atoms with E-state index in [1.807, 2.05) is 0 Å². The van der Waals surface area contributed by atoms with Gasteiger partial charge in [-0.05, 0) is 108 Å². The highest BCUT2D eigenvalue weighted by molar-refractivity contribution is 14.1. The van der Waals surface area contributed by atoms with E-state index in [1.165, 1.54) is 18.4 Å². The van der Waals surface area contributed by atoms with Crippen molar-refractivity contribution in [3.63, 3.8) is 0 Å². The average molecular weight is 802 g/mol. The zero-order valence-electron chi connectivity index (χ0n) is 24.2. The Hall–Kier alpha value is -2.78. The Morgan fingerprint density at radius 3 is 2.64 bits per heavy atom. The van der Waals surface area contributed by atoms with Crippen LogP contribution in [0, 0.1) is 3.57 Å². The number of carbonyl (C=O) groups excluding carboxylic acids is 4. The Bertz CT molecular complexity index is 1730. The van der Waals surface area contributed by atoms with Crippen molar-refractivity contribution in [2.24, 2.45) is 0 Å².